The van der Waals surface area contributed by atoms with E-state index < -0.39 is 16.1 Å². The number of piperidine rings is 1. The number of aromatic nitrogens is 1. The standard InChI is InChI=1S/C24H35N3O4S/c1-31-18-7-8-19-20(13-18)25-23-21(15-28)27(32(2,29)30)16-24(22(19)23)9-11-26(12-10-24)14-17-5-3-4-6-17/h7-8,13,17,21,25,28H,3-6,9-12,14-16H2,1-2H3/t21-/m0/s1. The average molecular weight is 462 g/mol. The fraction of sp³-hybridized carbons (Fsp3) is 0.667. The molecule has 1 saturated heterocycles. The van der Waals surface area contributed by atoms with E-state index in [1.54, 1.807) is 7.11 Å². The van der Waals surface area contributed by atoms with E-state index >= 15 is 0 Å². The van der Waals surface area contributed by atoms with Gasteiger partial charge in [-0.05, 0) is 62.4 Å². The van der Waals surface area contributed by atoms with Crippen molar-refractivity contribution >= 4 is 20.9 Å². The number of nitrogens with one attached hydrogen (secondary N) is 1. The van der Waals surface area contributed by atoms with E-state index in [0.717, 1.165) is 54.2 Å². The van der Waals surface area contributed by atoms with Crippen molar-refractivity contribution in [3.8, 4) is 5.75 Å². The van der Waals surface area contributed by atoms with Crippen LogP contribution in [0, 0.1) is 5.92 Å². The Morgan fingerprint density at radius 2 is 1.94 bits per heavy atom. The van der Waals surface area contributed by atoms with Crippen LogP contribution in [0.15, 0.2) is 18.2 Å². The second-order valence-electron chi connectivity index (χ2n) is 10.1. The molecular weight excluding hydrogens is 426 g/mol. The molecule has 0 unspecified atom stereocenters. The highest BCUT2D eigenvalue weighted by Crippen LogP contribution is 2.49. The summed E-state index contributed by atoms with van der Waals surface area (Å²) < 4.78 is 32.5. The van der Waals surface area contributed by atoms with Crippen LogP contribution in [-0.2, 0) is 15.4 Å². The number of aliphatic hydroxyl groups is 1. The molecule has 1 aromatic carbocycles. The molecule has 1 spiro atoms. The van der Waals surface area contributed by atoms with Gasteiger partial charge in [0.1, 0.15) is 5.75 Å². The first-order valence-corrected chi connectivity index (χ1v) is 13.7. The second kappa shape index (κ2) is 8.31. The molecule has 0 amide bonds. The Kier molecular flexibility index (Phi) is 5.76. The van der Waals surface area contributed by atoms with E-state index in [9.17, 15) is 13.5 Å². The lowest BCUT2D eigenvalue weighted by Gasteiger charge is -2.49. The molecule has 2 N–H and O–H groups in total. The normalized spacial score (nSPS) is 24.9. The molecule has 1 atom stereocenters. The topological polar surface area (TPSA) is 85.9 Å². The molecule has 176 valence electrons. The third-order valence-corrected chi connectivity index (χ3v) is 9.34. The van der Waals surface area contributed by atoms with Gasteiger partial charge in [-0.2, -0.15) is 4.31 Å². The van der Waals surface area contributed by atoms with E-state index in [2.05, 4.69) is 16.0 Å². The molecule has 3 aliphatic rings. The average Bonchev–Trinajstić information content (AvgIpc) is 3.42. The van der Waals surface area contributed by atoms with Crippen LogP contribution in [0.3, 0.4) is 0 Å². The molecule has 3 heterocycles. The molecule has 32 heavy (non-hydrogen) atoms. The van der Waals surface area contributed by atoms with Crippen LogP contribution in [-0.4, -0.2) is 73.9 Å². The molecule has 1 aromatic heterocycles. The van der Waals surface area contributed by atoms with Crippen molar-refractivity contribution in [3.05, 3.63) is 29.5 Å². The summed E-state index contributed by atoms with van der Waals surface area (Å²) in [6.07, 6.45) is 8.51. The van der Waals surface area contributed by atoms with Crippen LogP contribution in [0.5, 0.6) is 5.75 Å². The van der Waals surface area contributed by atoms with E-state index in [-0.39, 0.29) is 12.0 Å². The van der Waals surface area contributed by atoms with Crippen molar-refractivity contribution < 1.29 is 18.3 Å². The predicted octanol–water partition coefficient (Wildman–Crippen LogP) is 3.01. The van der Waals surface area contributed by atoms with Crippen molar-refractivity contribution in [2.45, 2.75) is 50.0 Å². The molecule has 8 heteroatoms. The highest BCUT2D eigenvalue weighted by atomic mass is 32.2. The number of sulfonamides is 1. The number of likely N-dealkylation sites (tertiary alicyclic amines) is 1. The van der Waals surface area contributed by atoms with Gasteiger partial charge in [0.05, 0.1) is 26.0 Å². The maximum absolute atomic E-state index is 12.8. The van der Waals surface area contributed by atoms with Gasteiger partial charge in [0.15, 0.2) is 0 Å². The second-order valence-corrected chi connectivity index (χ2v) is 12.0. The van der Waals surface area contributed by atoms with Gasteiger partial charge in [-0.15, -0.1) is 0 Å². The lowest BCUT2D eigenvalue weighted by atomic mass is 9.69. The number of aromatic amines is 1. The summed E-state index contributed by atoms with van der Waals surface area (Å²) >= 11 is 0. The molecule has 2 fully saturated rings. The van der Waals surface area contributed by atoms with Crippen LogP contribution in [0.2, 0.25) is 0 Å². The Balaban J connectivity index is 1.55. The maximum Gasteiger partial charge on any atom is 0.211 e. The van der Waals surface area contributed by atoms with Crippen molar-refractivity contribution in [1.29, 1.82) is 0 Å². The maximum atomic E-state index is 12.8. The van der Waals surface area contributed by atoms with Crippen LogP contribution >= 0.6 is 0 Å². The van der Waals surface area contributed by atoms with Gasteiger partial charge in [-0.25, -0.2) is 8.42 Å². The van der Waals surface area contributed by atoms with Crippen LogP contribution in [0.1, 0.15) is 55.8 Å². The summed E-state index contributed by atoms with van der Waals surface area (Å²) in [5.41, 5.74) is 2.74. The molecule has 1 saturated carbocycles. The predicted molar refractivity (Wildman–Crippen MR) is 126 cm³/mol. The van der Waals surface area contributed by atoms with E-state index in [0.29, 0.717) is 6.54 Å². The van der Waals surface area contributed by atoms with E-state index in [4.69, 9.17) is 4.74 Å². The van der Waals surface area contributed by atoms with Crippen LogP contribution < -0.4 is 4.74 Å². The van der Waals surface area contributed by atoms with Crippen molar-refractivity contribution in [1.82, 2.24) is 14.2 Å². The number of ether oxygens (including phenoxy) is 1. The minimum Gasteiger partial charge on any atom is -0.497 e. The number of methoxy groups -OCH3 is 1. The number of aliphatic hydroxyl groups excluding tert-OH is 1. The molecular formula is C24H35N3O4S. The van der Waals surface area contributed by atoms with Gasteiger partial charge in [-0.3, -0.25) is 0 Å². The molecule has 1 aliphatic carbocycles. The molecule has 2 aliphatic heterocycles. The number of benzene rings is 1. The number of hydrogen-bond acceptors (Lipinski definition) is 5. The van der Waals surface area contributed by atoms with Gasteiger partial charge in [0.2, 0.25) is 10.0 Å². The Hall–Kier alpha value is -1.61. The largest absolute Gasteiger partial charge is 0.497 e. The summed E-state index contributed by atoms with van der Waals surface area (Å²) in [5, 5.41) is 11.3. The first-order chi connectivity index (χ1) is 15.3. The Bertz CT molecular complexity index is 1080. The minimum atomic E-state index is -3.47. The van der Waals surface area contributed by atoms with Gasteiger partial charge in [0.25, 0.3) is 0 Å². The highest BCUT2D eigenvalue weighted by Gasteiger charge is 2.49. The zero-order valence-electron chi connectivity index (χ0n) is 19.1. The van der Waals surface area contributed by atoms with Crippen LogP contribution in [0.25, 0.3) is 10.9 Å². The molecule has 2 aromatic rings. The zero-order valence-corrected chi connectivity index (χ0v) is 20.0. The SMILES string of the molecule is COc1ccc2c3c([nH]c2c1)[C@H](CO)N(S(C)(=O)=O)CC31CCN(CC2CCCC2)CC1. The van der Waals surface area contributed by atoms with Crippen LogP contribution in [0.4, 0.5) is 0 Å². The number of hydrogen-bond donors (Lipinski definition) is 2. The fourth-order valence-electron chi connectivity index (χ4n) is 6.44. The lowest BCUT2D eigenvalue weighted by molar-refractivity contribution is 0.0896. The zero-order chi connectivity index (χ0) is 22.5. The number of H-pyrrole nitrogens is 1. The van der Waals surface area contributed by atoms with Gasteiger partial charge in [-0.1, -0.05) is 12.8 Å². The van der Waals surface area contributed by atoms with Gasteiger partial charge in [0, 0.05) is 41.2 Å². The number of fused-ring (bicyclic) bond motifs is 4. The molecule has 5 rings (SSSR count). The third kappa shape index (κ3) is 3.75. The summed E-state index contributed by atoms with van der Waals surface area (Å²) in [6, 6.07) is 5.44. The van der Waals surface area contributed by atoms with Crippen molar-refractivity contribution in [3.63, 3.8) is 0 Å². The number of nitrogens with zero attached hydrogens (tertiary/aromatic N) is 2. The molecule has 0 radical (unpaired) electrons. The van der Waals surface area contributed by atoms with Gasteiger partial charge >= 0.3 is 0 Å². The first kappa shape index (κ1) is 22.2. The quantitative estimate of drug-likeness (QED) is 0.715. The minimum absolute atomic E-state index is 0.242. The Labute approximate surface area is 190 Å². The summed E-state index contributed by atoms with van der Waals surface area (Å²) in [7, 11) is -1.83. The summed E-state index contributed by atoms with van der Waals surface area (Å²) in [6.45, 7) is 3.33. The lowest BCUT2D eigenvalue weighted by Crippen LogP contribution is -2.55. The third-order valence-electron chi connectivity index (χ3n) is 8.11. The monoisotopic (exact) mass is 461 g/mol. The summed E-state index contributed by atoms with van der Waals surface area (Å²) in [5.74, 6) is 1.58. The van der Waals surface area contributed by atoms with Crippen molar-refractivity contribution in [2.75, 3.05) is 46.2 Å². The molecule has 7 nitrogen and oxygen atoms in total. The summed E-state index contributed by atoms with van der Waals surface area (Å²) in [4.78, 5) is 6.06. The highest BCUT2D eigenvalue weighted by molar-refractivity contribution is 7.88. The van der Waals surface area contributed by atoms with E-state index in [1.165, 1.54) is 48.4 Å². The fourth-order valence-corrected chi connectivity index (χ4v) is 7.55. The number of rotatable bonds is 5. The van der Waals surface area contributed by atoms with Crippen molar-refractivity contribution in [2.24, 2.45) is 5.92 Å². The Morgan fingerprint density at radius 3 is 2.56 bits per heavy atom. The molecule has 0 bridgehead atoms. The Morgan fingerprint density at radius 1 is 1.22 bits per heavy atom. The first-order valence-electron chi connectivity index (χ1n) is 11.8. The van der Waals surface area contributed by atoms with Gasteiger partial charge < -0.3 is 19.7 Å². The smallest absolute Gasteiger partial charge is 0.211 e. The van der Waals surface area contributed by atoms with E-state index in [1.807, 2.05) is 12.1 Å².